The minimum absolute atomic E-state index is 0.169. The third-order valence-electron chi connectivity index (χ3n) is 2.07. The first-order chi connectivity index (χ1) is 7.06. The number of carbonyl (C=O) groups is 2. The van der Waals surface area contributed by atoms with Gasteiger partial charge in [0.05, 0.1) is 0 Å². The number of rotatable bonds is 3. The van der Waals surface area contributed by atoms with Gasteiger partial charge in [-0.1, -0.05) is 20.8 Å². The average molecular weight is 229 g/mol. The SMILES string of the molecule is CC(C)(C)OC(=O)N[C@@H](CC=O)C(C)(C)C. The molecule has 1 N–H and O–H groups in total. The predicted molar refractivity (Wildman–Crippen MR) is 63.3 cm³/mol. The molecule has 0 fully saturated rings. The van der Waals surface area contributed by atoms with E-state index in [2.05, 4.69) is 5.32 Å². The van der Waals surface area contributed by atoms with Gasteiger partial charge in [-0.05, 0) is 26.2 Å². The van der Waals surface area contributed by atoms with E-state index in [0.29, 0.717) is 6.42 Å². The smallest absolute Gasteiger partial charge is 0.407 e. The van der Waals surface area contributed by atoms with Crippen molar-refractivity contribution >= 4 is 12.4 Å². The van der Waals surface area contributed by atoms with Crippen molar-refractivity contribution in [2.75, 3.05) is 0 Å². The molecule has 4 heteroatoms. The van der Waals surface area contributed by atoms with Crippen LogP contribution in [0.15, 0.2) is 0 Å². The van der Waals surface area contributed by atoms with Crippen LogP contribution in [0, 0.1) is 5.41 Å². The van der Waals surface area contributed by atoms with E-state index in [1.54, 1.807) is 20.8 Å². The highest BCUT2D eigenvalue weighted by atomic mass is 16.6. The summed E-state index contributed by atoms with van der Waals surface area (Å²) < 4.78 is 5.14. The average Bonchev–Trinajstić information content (AvgIpc) is 1.97. The summed E-state index contributed by atoms with van der Waals surface area (Å²) in [5.41, 5.74) is -0.689. The van der Waals surface area contributed by atoms with Crippen molar-refractivity contribution in [3.63, 3.8) is 0 Å². The zero-order valence-electron chi connectivity index (χ0n) is 11.1. The first kappa shape index (κ1) is 14.9. The van der Waals surface area contributed by atoms with Crippen molar-refractivity contribution in [3.8, 4) is 0 Å². The summed E-state index contributed by atoms with van der Waals surface area (Å²) in [5.74, 6) is 0. The van der Waals surface area contributed by atoms with Crippen LogP contribution in [-0.2, 0) is 9.53 Å². The van der Waals surface area contributed by atoms with E-state index in [4.69, 9.17) is 4.74 Å². The van der Waals surface area contributed by atoms with Gasteiger partial charge in [-0.25, -0.2) is 4.79 Å². The first-order valence-corrected chi connectivity index (χ1v) is 5.49. The molecule has 0 heterocycles. The molecule has 1 atom stereocenters. The normalized spacial score (nSPS) is 14.1. The van der Waals surface area contributed by atoms with E-state index in [0.717, 1.165) is 6.29 Å². The van der Waals surface area contributed by atoms with Gasteiger partial charge in [0.25, 0.3) is 0 Å². The number of aldehydes is 1. The molecule has 0 spiro atoms. The summed E-state index contributed by atoms with van der Waals surface area (Å²) in [6, 6.07) is -0.208. The molecule has 0 aliphatic carbocycles. The molecule has 0 saturated carbocycles. The van der Waals surface area contributed by atoms with Crippen LogP contribution >= 0.6 is 0 Å². The lowest BCUT2D eigenvalue weighted by atomic mass is 9.85. The van der Waals surface area contributed by atoms with Gasteiger partial charge >= 0.3 is 6.09 Å². The van der Waals surface area contributed by atoms with Gasteiger partial charge in [0, 0.05) is 12.5 Å². The van der Waals surface area contributed by atoms with Gasteiger partial charge < -0.3 is 14.8 Å². The Kier molecular flexibility index (Phi) is 4.97. The summed E-state index contributed by atoms with van der Waals surface area (Å²) >= 11 is 0. The monoisotopic (exact) mass is 229 g/mol. The van der Waals surface area contributed by atoms with Crippen LogP contribution in [0.3, 0.4) is 0 Å². The Balaban J connectivity index is 4.42. The van der Waals surface area contributed by atoms with Gasteiger partial charge in [0.1, 0.15) is 11.9 Å². The maximum absolute atomic E-state index is 11.5. The number of nitrogens with one attached hydrogen (secondary N) is 1. The topological polar surface area (TPSA) is 55.4 Å². The van der Waals surface area contributed by atoms with Crippen molar-refractivity contribution in [2.45, 2.75) is 59.6 Å². The van der Waals surface area contributed by atoms with Gasteiger partial charge in [-0.15, -0.1) is 0 Å². The largest absolute Gasteiger partial charge is 0.444 e. The maximum Gasteiger partial charge on any atom is 0.407 e. The number of amides is 1. The van der Waals surface area contributed by atoms with Crippen LogP contribution in [-0.4, -0.2) is 24.0 Å². The van der Waals surface area contributed by atoms with Crippen LogP contribution in [0.2, 0.25) is 0 Å². The van der Waals surface area contributed by atoms with Crippen LogP contribution < -0.4 is 5.32 Å². The highest BCUT2D eigenvalue weighted by Crippen LogP contribution is 2.21. The van der Waals surface area contributed by atoms with Crippen LogP contribution in [0.25, 0.3) is 0 Å². The summed E-state index contributed by atoms with van der Waals surface area (Å²) in [7, 11) is 0. The molecule has 0 aliphatic heterocycles. The number of ether oxygens (including phenoxy) is 1. The fourth-order valence-electron chi connectivity index (χ4n) is 1.18. The molecular weight excluding hydrogens is 206 g/mol. The first-order valence-electron chi connectivity index (χ1n) is 5.49. The Hall–Kier alpha value is -1.06. The molecule has 0 bridgehead atoms. The zero-order chi connectivity index (χ0) is 13.0. The van der Waals surface area contributed by atoms with E-state index in [9.17, 15) is 9.59 Å². The highest BCUT2D eigenvalue weighted by molar-refractivity contribution is 5.69. The summed E-state index contributed by atoms with van der Waals surface area (Å²) in [5, 5.41) is 2.72. The van der Waals surface area contributed by atoms with E-state index in [1.165, 1.54) is 0 Å². The molecule has 0 aliphatic rings. The Labute approximate surface area is 97.7 Å². The number of hydrogen-bond donors (Lipinski definition) is 1. The minimum Gasteiger partial charge on any atom is -0.444 e. The molecule has 4 nitrogen and oxygen atoms in total. The molecule has 94 valence electrons. The Bertz CT molecular complexity index is 248. The maximum atomic E-state index is 11.5. The Morgan fingerprint density at radius 1 is 1.25 bits per heavy atom. The number of carbonyl (C=O) groups excluding carboxylic acids is 2. The second kappa shape index (κ2) is 5.32. The summed E-state index contributed by atoms with van der Waals surface area (Å²) in [6.07, 6.45) is 0.630. The molecule has 0 radical (unpaired) electrons. The zero-order valence-corrected chi connectivity index (χ0v) is 11.1. The molecule has 0 unspecified atom stereocenters. The lowest BCUT2D eigenvalue weighted by Crippen LogP contribution is -2.45. The molecule has 0 saturated heterocycles. The molecule has 0 aromatic heterocycles. The molecule has 0 rings (SSSR count). The van der Waals surface area contributed by atoms with E-state index < -0.39 is 11.7 Å². The standard InChI is InChI=1S/C12H23NO3/c1-11(2,3)9(7-8-14)13-10(15)16-12(4,5)6/h8-9H,7H2,1-6H3,(H,13,15)/t9-/m0/s1. The molecular formula is C12H23NO3. The second-order valence-corrected chi connectivity index (χ2v) is 5.97. The lowest BCUT2D eigenvalue weighted by molar-refractivity contribution is -0.108. The molecule has 0 aromatic rings. The minimum atomic E-state index is -0.520. The quantitative estimate of drug-likeness (QED) is 0.756. The fourth-order valence-corrected chi connectivity index (χ4v) is 1.18. The third kappa shape index (κ3) is 6.43. The van der Waals surface area contributed by atoms with Gasteiger partial charge in [0.15, 0.2) is 0 Å². The van der Waals surface area contributed by atoms with Crippen LogP contribution in [0.1, 0.15) is 48.0 Å². The van der Waals surface area contributed by atoms with Crippen molar-refractivity contribution in [1.82, 2.24) is 5.32 Å². The lowest BCUT2D eigenvalue weighted by Gasteiger charge is -2.31. The number of alkyl carbamates (subject to hydrolysis) is 1. The van der Waals surface area contributed by atoms with E-state index in [1.807, 2.05) is 20.8 Å². The molecule has 1 amide bonds. The van der Waals surface area contributed by atoms with Crippen molar-refractivity contribution < 1.29 is 14.3 Å². The van der Waals surface area contributed by atoms with E-state index in [-0.39, 0.29) is 11.5 Å². The van der Waals surface area contributed by atoms with Crippen molar-refractivity contribution in [1.29, 1.82) is 0 Å². The molecule has 0 aromatic carbocycles. The van der Waals surface area contributed by atoms with Gasteiger partial charge in [-0.2, -0.15) is 0 Å². The Morgan fingerprint density at radius 2 is 1.75 bits per heavy atom. The Morgan fingerprint density at radius 3 is 2.06 bits per heavy atom. The van der Waals surface area contributed by atoms with Gasteiger partial charge in [0.2, 0.25) is 0 Å². The van der Waals surface area contributed by atoms with Gasteiger partial charge in [-0.3, -0.25) is 0 Å². The van der Waals surface area contributed by atoms with Crippen LogP contribution in [0.4, 0.5) is 4.79 Å². The fraction of sp³-hybridized carbons (Fsp3) is 0.833. The van der Waals surface area contributed by atoms with Crippen LogP contribution in [0.5, 0.6) is 0 Å². The highest BCUT2D eigenvalue weighted by Gasteiger charge is 2.27. The van der Waals surface area contributed by atoms with E-state index >= 15 is 0 Å². The van der Waals surface area contributed by atoms with Crippen molar-refractivity contribution in [2.24, 2.45) is 5.41 Å². The summed E-state index contributed by atoms with van der Waals surface area (Å²) in [4.78, 5) is 22.1. The molecule has 16 heavy (non-hydrogen) atoms. The predicted octanol–water partition coefficient (Wildman–Crippen LogP) is 2.51. The van der Waals surface area contributed by atoms with Crippen molar-refractivity contribution in [3.05, 3.63) is 0 Å². The second-order valence-electron chi connectivity index (χ2n) is 5.97. The third-order valence-corrected chi connectivity index (χ3v) is 2.07. The summed E-state index contributed by atoms with van der Waals surface area (Å²) in [6.45, 7) is 11.3. The number of hydrogen-bond acceptors (Lipinski definition) is 3.